The van der Waals surface area contributed by atoms with Crippen LogP contribution in [0.1, 0.15) is 30.9 Å². The van der Waals surface area contributed by atoms with E-state index in [1.807, 2.05) is 18.2 Å². The fraction of sp³-hybridized carbons (Fsp3) is 0.462. The second kappa shape index (κ2) is 5.55. The van der Waals surface area contributed by atoms with E-state index in [9.17, 15) is 0 Å². The normalized spacial score (nSPS) is 17.1. The molecule has 0 bridgehead atoms. The van der Waals surface area contributed by atoms with Gasteiger partial charge in [0.25, 0.3) is 0 Å². The van der Waals surface area contributed by atoms with Crippen molar-refractivity contribution >= 4 is 0 Å². The highest BCUT2D eigenvalue weighted by atomic mass is 16.5. The van der Waals surface area contributed by atoms with Crippen molar-refractivity contribution in [1.29, 1.82) is 5.26 Å². The van der Waals surface area contributed by atoms with Crippen molar-refractivity contribution < 1.29 is 9.47 Å². The number of nitrogens with zero attached hydrogens (tertiary/aromatic N) is 1. The highest BCUT2D eigenvalue weighted by Crippen LogP contribution is 2.33. The molecule has 17 heavy (non-hydrogen) atoms. The van der Waals surface area contributed by atoms with Crippen molar-refractivity contribution in [2.45, 2.75) is 25.3 Å². The molecule has 4 heteroatoms. The number of ether oxygens (including phenoxy) is 2. The number of nitriles is 1. The molecule has 0 fully saturated rings. The maximum absolute atomic E-state index is 8.39. The van der Waals surface area contributed by atoms with Gasteiger partial charge in [-0.15, -0.1) is 0 Å². The molecule has 1 unspecified atom stereocenters. The van der Waals surface area contributed by atoms with Crippen LogP contribution in [0.25, 0.3) is 0 Å². The maximum Gasteiger partial charge on any atom is 0.127 e. The summed E-state index contributed by atoms with van der Waals surface area (Å²) in [5.41, 5.74) is 6.90. The zero-order chi connectivity index (χ0) is 12.1. The summed E-state index contributed by atoms with van der Waals surface area (Å²) in [4.78, 5) is 0. The summed E-state index contributed by atoms with van der Waals surface area (Å²) >= 11 is 0. The fourth-order valence-electron chi connectivity index (χ4n) is 1.80. The molecule has 2 N–H and O–H groups in total. The van der Waals surface area contributed by atoms with Crippen LogP contribution >= 0.6 is 0 Å². The molecule has 2 rings (SSSR count). The van der Waals surface area contributed by atoms with Crippen LogP contribution in [0.5, 0.6) is 11.5 Å². The average Bonchev–Trinajstić information content (AvgIpc) is 2.71. The molecule has 1 aromatic carbocycles. The van der Waals surface area contributed by atoms with Gasteiger partial charge in [-0.1, -0.05) is 0 Å². The van der Waals surface area contributed by atoms with Gasteiger partial charge in [0.2, 0.25) is 0 Å². The van der Waals surface area contributed by atoms with Gasteiger partial charge in [0.1, 0.15) is 18.1 Å². The van der Waals surface area contributed by atoms with Crippen LogP contribution in [-0.2, 0) is 0 Å². The third kappa shape index (κ3) is 2.89. The molecule has 0 radical (unpaired) electrons. The quantitative estimate of drug-likeness (QED) is 0.790. The number of fused-ring (bicyclic) bond motifs is 1. The Hall–Kier alpha value is -1.73. The van der Waals surface area contributed by atoms with E-state index in [1.54, 1.807) is 0 Å². The van der Waals surface area contributed by atoms with Gasteiger partial charge in [-0.3, -0.25) is 0 Å². The van der Waals surface area contributed by atoms with Crippen LogP contribution in [0.15, 0.2) is 18.2 Å². The van der Waals surface area contributed by atoms with Gasteiger partial charge in [0, 0.05) is 18.1 Å². The fourth-order valence-corrected chi connectivity index (χ4v) is 1.80. The maximum atomic E-state index is 8.39. The van der Waals surface area contributed by atoms with Crippen LogP contribution in [0, 0.1) is 11.3 Å². The molecule has 1 heterocycles. The van der Waals surface area contributed by atoms with Crippen LogP contribution in [0.2, 0.25) is 0 Å². The third-order valence-electron chi connectivity index (χ3n) is 2.75. The summed E-state index contributed by atoms with van der Waals surface area (Å²) in [6, 6.07) is 7.85. The molecule has 0 saturated carbocycles. The van der Waals surface area contributed by atoms with Gasteiger partial charge in [-0.05, 0) is 25.0 Å². The van der Waals surface area contributed by atoms with E-state index in [4.69, 9.17) is 20.5 Å². The lowest BCUT2D eigenvalue weighted by Crippen LogP contribution is -2.10. The van der Waals surface area contributed by atoms with E-state index in [1.165, 1.54) is 0 Å². The molecule has 0 saturated heterocycles. The van der Waals surface area contributed by atoms with E-state index in [2.05, 4.69) is 6.07 Å². The zero-order valence-corrected chi connectivity index (χ0v) is 9.69. The molecule has 0 amide bonds. The lowest BCUT2D eigenvalue weighted by atomic mass is 10.1. The summed E-state index contributed by atoms with van der Waals surface area (Å²) in [6.07, 6.45) is 2.36. The number of hydrogen-bond acceptors (Lipinski definition) is 4. The van der Waals surface area contributed by atoms with Crippen LogP contribution in [0.4, 0.5) is 0 Å². The van der Waals surface area contributed by atoms with Gasteiger partial charge in [-0.2, -0.15) is 5.26 Å². The summed E-state index contributed by atoms with van der Waals surface area (Å²) in [5, 5.41) is 8.39. The highest BCUT2D eigenvalue weighted by molar-refractivity contribution is 5.44. The van der Waals surface area contributed by atoms with Crippen molar-refractivity contribution in [3.8, 4) is 17.6 Å². The van der Waals surface area contributed by atoms with E-state index < -0.39 is 0 Å². The molecule has 1 atom stereocenters. The van der Waals surface area contributed by atoms with Crippen molar-refractivity contribution in [1.82, 2.24) is 0 Å². The number of unbranched alkanes of at least 4 members (excludes halogenated alkanes) is 2. The first-order valence-corrected chi connectivity index (χ1v) is 5.83. The molecule has 1 aliphatic heterocycles. The molecule has 1 aromatic rings. The minimum absolute atomic E-state index is 0.0188. The summed E-state index contributed by atoms with van der Waals surface area (Å²) < 4.78 is 11.0. The van der Waals surface area contributed by atoms with Crippen LogP contribution in [0.3, 0.4) is 0 Å². The summed E-state index contributed by atoms with van der Waals surface area (Å²) in [7, 11) is 0. The van der Waals surface area contributed by atoms with Crippen LogP contribution < -0.4 is 15.2 Å². The van der Waals surface area contributed by atoms with Crippen molar-refractivity contribution in [2.75, 3.05) is 13.2 Å². The minimum Gasteiger partial charge on any atom is -0.493 e. The molecule has 0 spiro atoms. The Morgan fingerprint density at radius 3 is 3.18 bits per heavy atom. The molecular weight excluding hydrogens is 216 g/mol. The molecule has 4 nitrogen and oxygen atoms in total. The van der Waals surface area contributed by atoms with Gasteiger partial charge >= 0.3 is 0 Å². The Kier molecular flexibility index (Phi) is 3.84. The van der Waals surface area contributed by atoms with E-state index in [0.29, 0.717) is 19.6 Å². The number of benzene rings is 1. The first-order valence-electron chi connectivity index (χ1n) is 5.83. The lowest BCUT2D eigenvalue weighted by molar-refractivity contribution is 0.302. The van der Waals surface area contributed by atoms with Gasteiger partial charge in [-0.25, -0.2) is 0 Å². The van der Waals surface area contributed by atoms with Gasteiger partial charge in [0.05, 0.1) is 18.7 Å². The molecular formula is C13H16N2O2. The largest absolute Gasteiger partial charge is 0.493 e. The number of hydrogen-bond donors (Lipinski definition) is 1. The van der Waals surface area contributed by atoms with E-state index in [0.717, 1.165) is 29.9 Å². The molecule has 0 aromatic heterocycles. The van der Waals surface area contributed by atoms with Crippen molar-refractivity contribution in [3.05, 3.63) is 23.8 Å². The van der Waals surface area contributed by atoms with E-state index >= 15 is 0 Å². The first kappa shape index (κ1) is 11.7. The van der Waals surface area contributed by atoms with Crippen LogP contribution in [-0.4, -0.2) is 13.2 Å². The van der Waals surface area contributed by atoms with Gasteiger partial charge in [0.15, 0.2) is 0 Å². The Bertz CT molecular complexity index is 426. The third-order valence-corrected chi connectivity index (χ3v) is 2.75. The standard InChI is InChI=1S/C13H16N2O2/c14-6-2-1-3-7-16-10-4-5-11-12(15)9-17-13(11)8-10/h4-5,8,12H,1-3,7,9,15H2. The average molecular weight is 232 g/mol. The number of rotatable bonds is 5. The predicted octanol–water partition coefficient (Wildman–Crippen LogP) is 2.15. The predicted molar refractivity (Wildman–Crippen MR) is 63.8 cm³/mol. The molecule has 1 aliphatic rings. The topological polar surface area (TPSA) is 68.3 Å². The summed E-state index contributed by atoms with van der Waals surface area (Å²) in [6.45, 7) is 1.17. The first-order chi connectivity index (χ1) is 8.31. The zero-order valence-electron chi connectivity index (χ0n) is 9.69. The highest BCUT2D eigenvalue weighted by Gasteiger charge is 2.20. The second-order valence-corrected chi connectivity index (χ2v) is 4.08. The Morgan fingerprint density at radius 2 is 2.35 bits per heavy atom. The smallest absolute Gasteiger partial charge is 0.127 e. The Morgan fingerprint density at radius 1 is 1.47 bits per heavy atom. The SMILES string of the molecule is N#CCCCCOc1ccc2c(c1)OCC2N. The monoisotopic (exact) mass is 232 g/mol. The Labute approximate surface area is 101 Å². The Balaban J connectivity index is 1.85. The number of nitrogens with two attached hydrogens (primary N) is 1. The summed E-state index contributed by atoms with van der Waals surface area (Å²) in [5.74, 6) is 1.63. The van der Waals surface area contributed by atoms with Gasteiger partial charge < -0.3 is 15.2 Å². The lowest BCUT2D eigenvalue weighted by Gasteiger charge is -2.07. The molecule has 0 aliphatic carbocycles. The minimum atomic E-state index is -0.0188. The van der Waals surface area contributed by atoms with E-state index in [-0.39, 0.29) is 6.04 Å². The molecule has 90 valence electrons. The second-order valence-electron chi connectivity index (χ2n) is 4.08. The van der Waals surface area contributed by atoms with Crippen molar-refractivity contribution in [3.63, 3.8) is 0 Å². The van der Waals surface area contributed by atoms with Crippen molar-refractivity contribution in [2.24, 2.45) is 5.73 Å².